The molecule has 1 aromatic carbocycles. The summed E-state index contributed by atoms with van der Waals surface area (Å²) in [7, 11) is -2.57. The summed E-state index contributed by atoms with van der Waals surface area (Å²) in [6.07, 6.45) is 0. The maximum Gasteiger partial charge on any atom is 0.391 e. The minimum Gasteiger partial charge on any atom is -0.425 e. The lowest BCUT2D eigenvalue weighted by Gasteiger charge is -2.10. The van der Waals surface area contributed by atoms with Crippen molar-refractivity contribution in [3.8, 4) is 5.75 Å². The van der Waals surface area contributed by atoms with Crippen LogP contribution in [-0.4, -0.2) is 9.79 Å². The van der Waals surface area contributed by atoms with Crippen LogP contribution in [0, 0.1) is 0 Å². The van der Waals surface area contributed by atoms with Crippen LogP contribution in [0.2, 0.25) is 20.1 Å². The van der Waals surface area contributed by atoms with E-state index in [4.69, 9.17) is 56.2 Å². The minimum absolute atomic E-state index is 0.00711. The molecule has 0 saturated heterocycles. The quantitative estimate of drug-likeness (QED) is 0.494. The van der Waals surface area contributed by atoms with Crippen LogP contribution in [0.3, 0.4) is 0 Å². The van der Waals surface area contributed by atoms with Gasteiger partial charge in [-0.05, 0) is 0 Å². The lowest BCUT2D eigenvalue weighted by molar-refractivity contribution is 0.375. The highest BCUT2D eigenvalue weighted by Gasteiger charge is 2.16. The molecule has 0 aliphatic heterocycles. The summed E-state index contributed by atoms with van der Waals surface area (Å²) in [5.74, 6) is -0.0258. The van der Waals surface area contributed by atoms with E-state index in [1.54, 1.807) is 0 Å². The predicted molar refractivity (Wildman–Crippen MR) is 58.5 cm³/mol. The molecule has 0 unspecified atom stereocenters. The Labute approximate surface area is 101 Å². The molecular formula is C6H3Cl4O3P. The van der Waals surface area contributed by atoms with Gasteiger partial charge in [0.15, 0.2) is 0 Å². The second-order valence-corrected chi connectivity index (χ2v) is 4.37. The second-order valence-electron chi connectivity index (χ2n) is 2.14. The number of hydrogen-bond acceptors (Lipinski definition) is 3. The zero-order valence-electron chi connectivity index (χ0n) is 6.34. The molecule has 2 N–H and O–H groups in total. The fourth-order valence-corrected chi connectivity index (χ4v) is 1.90. The highest BCUT2D eigenvalue weighted by atomic mass is 35.5. The van der Waals surface area contributed by atoms with Crippen molar-refractivity contribution in [2.75, 3.05) is 0 Å². The molecule has 14 heavy (non-hydrogen) atoms. The Hall–Kier alpha value is 0.530. The average Bonchev–Trinajstić information content (AvgIpc) is 2.10. The number of benzene rings is 1. The molecule has 0 fully saturated rings. The molecule has 0 radical (unpaired) electrons. The Balaban J connectivity index is 3.19. The monoisotopic (exact) mass is 294 g/mol. The topological polar surface area (TPSA) is 49.7 Å². The van der Waals surface area contributed by atoms with Gasteiger partial charge in [0.1, 0.15) is 10.8 Å². The van der Waals surface area contributed by atoms with Crippen molar-refractivity contribution in [3.05, 3.63) is 26.2 Å². The molecule has 0 aromatic heterocycles. The zero-order valence-corrected chi connectivity index (χ0v) is 10.3. The van der Waals surface area contributed by atoms with Gasteiger partial charge < -0.3 is 14.3 Å². The van der Waals surface area contributed by atoms with E-state index in [9.17, 15) is 0 Å². The number of hydrogen-bond donors (Lipinski definition) is 2. The lowest BCUT2D eigenvalue weighted by Crippen LogP contribution is -1.87. The number of halogens is 4. The highest BCUT2D eigenvalue weighted by molar-refractivity contribution is 7.39. The first-order valence-corrected chi connectivity index (χ1v) is 5.80. The third-order valence-electron chi connectivity index (χ3n) is 1.25. The SMILES string of the molecule is OP(O)Oc1cc(Cl)c(Cl)c(Cl)c1Cl. The summed E-state index contributed by atoms with van der Waals surface area (Å²) in [5, 5.41) is 0.197. The maximum absolute atomic E-state index is 8.60. The molecule has 0 spiro atoms. The van der Waals surface area contributed by atoms with Crippen molar-refractivity contribution >= 4 is 55.0 Å². The normalized spacial score (nSPS) is 10.8. The van der Waals surface area contributed by atoms with Crippen molar-refractivity contribution in [2.45, 2.75) is 0 Å². The van der Waals surface area contributed by atoms with E-state index in [0.29, 0.717) is 0 Å². The minimum atomic E-state index is -2.57. The molecule has 0 saturated carbocycles. The molecule has 0 bridgehead atoms. The molecular weight excluding hydrogens is 293 g/mol. The number of rotatable bonds is 2. The Morgan fingerprint density at radius 3 is 2.07 bits per heavy atom. The Bertz CT molecular complexity index is 357. The molecule has 1 rings (SSSR count). The van der Waals surface area contributed by atoms with Crippen LogP contribution in [0.15, 0.2) is 6.07 Å². The van der Waals surface area contributed by atoms with E-state index in [1.165, 1.54) is 6.07 Å². The van der Waals surface area contributed by atoms with Gasteiger partial charge in [0.25, 0.3) is 0 Å². The fourth-order valence-electron chi connectivity index (χ4n) is 0.706. The van der Waals surface area contributed by atoms with E-state index in [1.807, 2.05) is 0 Å². The van der Waals surface area contributed by atoms with E-state index < -0.39 is 8.60 Å². The maximum atomic E-state index is 8.60. The Morgan fingerprint density at radius 2 is 1.57 bits per heavy atom. The van der Waals surface area contributed by atoms with Crippen LogP contribution in [0.4, 0.5) is 0 Å². The summed E-state index contributed by atoms with van der Waals surface area (Å²) in [6, 6.07) is 1.25. The van der Waals surface area contributed by atoms with E-state index in [0.717, 1.165) is 0 Å². The molecule has 78 valence electrons. The van der Waals surface area contributed by atoms with Gasteiger partial charge in [0.2, 0.25) is 0 Å². The molecule has 1 aromatic rings. The molecule has 0 amide bonds. The van der Waals surface area contributed by atoms with Gasteiger partial charge in [-0.25, -0.2) is 0 Å². The van der Waals surface area contributed by atoms with Crippen LogP contribution >= 0.6 is 55.0 Å². The fraction of sp³-hybridized carbons (Fsp3) is 0. The Kier molecular flexibility index (Phi) is 4.54. The van der Waals surface area contributed by atoms with Crippen molar-refractivity contribution in [2.24, 2.45) is 0 Å². The molecule has 0 atom stereocenters. The standard InChI is InChI=1S/C6H3Cl4O3P/c7-2-1-3(13-14(11)12)5(9)6(10)4(2)8/h1,11-12H. The summed E-state index contributed by atoms with van der Waals surface area (Å²) in [4.78, 5) is 17.2. The van der Waals surface area contributed by atoms with Crippen LogP contribution in [0.25, 0.3) is 0 Å². The van der Waals surface area contributed by atoms with Crippen molar-refractivity contribution in [1.29, 1.82) is 0 Å². The van der Waals surface area contributed by atoms with Crippen LogP contribution in [0.5, 0.6) is 5.75 Å². The van der Waals surface area contributed by atoms with Gasteiger partial charge in [-0.2, -0.15) is 0 Å². The Morgan fingerprint density at radius 1 is 1.00 bits per heavy atom. The van der Waals surface area contributed by atoms with Crippen LogP contribution in [0.1, 0.15) is 0 Å². The molecule has 3 nitrogen and oxygen atoms in total. The predicted octanol–water partition coefficient (Wildman–Crippen LogP) is 3.89. The summed E-state index contributed by atoms with van der Waals surface area (Å²) in [5.41, 5.74) is 0. The molecule has 0 aliphatic rings. The van der Waals surface area contributed by atoms with Crippen molar-refractivity contribution < 1.29 is 14.3 Å². The lowest BCUT2D eigenvalue weighted by atomic mass is 10.3. The van der Waals surface area contributed by atoms with Crippen molar-refractivity contribution in [3.63, 3.8) is 0 Å². The third-order valence-corrected chi connectivity index (χ3v) is 3.34. The summed E-state index contributed by atoms with van der Waals surface area (Å²) >= 11 is 22.7. The van der Waals surface area contributed by atoms with Gasteiger partial charge in [0, 0.05) is 6.07 Å². The summed E-state index contributed by atoms with van der Waals surface area (Å²) < 4.78 is 4.58. The zero-order chi connectivity index (χ0) is 10.9. The van der Waals surface area contributed by atoms with Crippen molar-refractivity contribution in [1.82, 2.24) is 0 Å². The largest absolute Gasteiger partial charge is 0.425 e. The smallest absolute Gasteiger partial charge is 0.391 e. The second kappa shape index (κ2) is 5.04. The molecule has 8 heteroatoms. The highest BCUT2D eigenvalue weighted by Crippen LogP contribution is 2.44. The van der Waals surface area contributed by atoms with E-state index in [-0.39, 0.29) is 25.8 Å². The molecule has 0 heterocycles. The van der Waals surface area contributed by atoms with Gasteiger partial charge >= 0.3 is 8.60 Å². The van der Waals surface area contributed by atoms with Crippen LogP contribution in [-0.2, 0) is 0 Å². The van der Waals surface area contributed by atoms with Gasteiger partial charge in [0.05, 0.1) is 15.1 Å². The first-order valence-electron chi connectivity index (χ1n) is 3.12. The van der Waals surface area contributed by atoms with E-state index in [2.05, 4.69) is 4.52 Å². The average molecular weight is 296 g/mol. The summed E-state index contributed by atoms with van der Waals surface area (Å²) in [6.45, 7) is 0. The first-order chi connectivity index (χ1) is 6.43. The van der Waals surface area contributed by atoms with Crippen LogP contribution < -0.4 is 4.52 Å². The molecule has 0 aliphatic carbocycles. The van der Waals surface area contributed by atoms with Gasteiger partial charge in [-0.1, -0.05) is 46.4 Å². The van der Waals surface area contributed by atoms with Gasteiger partial charge in [-0.15, -0.1) is 0 Å². The third kappa shape index (κ3) is 2.77. The van der Waals surface area contributed by atoms with E-state index >= 15 is 0 Å². The first kappa shape index (κ1) is 12.6. The van der Waals surface area contributed by atoms with Gasteiger partial charge in [-0.3, -0.25) is 0 Å².